The maximum Gasteiger partial charge on any atom is 0.0936 e. The van der Waals surface area contributed by atoms with Crippen LogP contribution in [-0.4, -0.2) is 11.1 Å². The van der Waals surface area contributed by atoms with E-state index in [4.69, 9.17) is 10.2 Å². The molecule has 0 saturated heterocycles. The summed E-state index contributed by atoms with van der Waals surface area (Å²) < 4.78 is 0. The van der Waals surface area contributed by atoms with Crippen molar-refractivity contribution in [1.29, 1.82) is 0 Å². The summed E-state index contributed by atoms with van der Waals surface area (Å²) in [6, 6.07) is 0. The van der Waals surface area contributed by atoms with Crippen LogP contribution in [0.15, 0.2) is 10.2 Å². The molecule has 0 aromatic carbocycles. The van der Waals surface area contributed by atoms with Crippen molar-refractivity contribution in [3.63, 3.8) is 0 Å². The molecule has 0 unspecified atom stereocenters. The fraction of sp³-hybridized carbons (Fsp3) is 1.00. The predicted molar refractivity (Wildman–Crippen MR) is 92.8 cm³/mol. The van der Waals surface area contributed by atoms with E-state index >= 15 is 0 Å². The molecule has 0 fully saturated rings. The molecule has 124 valence electrons. The van der Waals surface area contributed by atoms with Crippen molar-refractivity contribution in [3.8, 4) is 0 Å². The van der Waals surface area contributed by atoms with Crippen molar-refractivity contribution in [2.45, 2.75) is 101 Å². The van der Waals surface area contributed by atoms with Gasteiger partial charge in [-0.05, 0) is 21.7 Å². The Hall–Kier alpha value is -0.400. The molecular formula is C19H38N2. The Bertz CT molecular complexity index is 348. The first-order valence-corrected chi connectivity index (χ1v) is 8.35. The van der Waals surface area contributed by atoms with Crippen molar-refractivity contribution in [2.24, 2.45) is 31.9 Å². The van der Waals surface area contributed by atoms with E-state index in [9.17, 15) is 0 Å². The molecule has 1 heterocycles. The van der Waals surface area contributed by atoms with Gasteiger partial charge in [0.05, 0.1) is 11.1 Å². The van der Waals surface area contributed by atoms with Crippen molar-refractivity contribution < 1.29 is 0 Å². The van der Waals surface area contributed by atoms with Gasteiger partial charge in [-0.3, -0.25) is 0 Å². The van der Waals surface area contributed by atoms with Gasteiger partial charge in [0.25, 0.3) is 0 Å². The first-order valence-electron chi connectivity index (χ1n) is 8.35. The second-order valence-corrected chi connectivity index (χ2v) is 11.1. The quantitative estimate of drug-likeness (QED) is 0.487. The fourth-order valence-electron chi connectivity index (χ4n) is 4.52. The molecule has 0 aromatic heterocycles. The van der Waals surface area contributed by atoms with Crippen LogP contribution < -0.4 is 0 Å². The van der Waals surface area contributed by atoms with Crippen LogP contribution in [0.25, 0.3) is 0 Å². The molecule has 0 atom stereocenters. The van der Waals surface area contributed by atoms with Crippen molar-refractivity contribution in [3.05, 3.63) is 0 Å². The highest BCUT2D eigenvalue weighted by Crippen LogP contribution is 2.63. The van der Waals surface area contributed by atoms with E-state index in [1.54, 1.807) is 0 Å². The summed E-state index contributed by atoms with van der Waals surface area (Å²) >= 11 is 0. The number of hydrogen-bond acceptors (Lipinski definition) is 2. The second kappa shape index (κ2) is 4.55. The Morgan fingerprint density at radius 2 is 0.667 bits per heavy atom. The first kappa shape index (κ1) is 18.6. The third-order valence-corrected chi connectivity index (χ3v) is 5.87. The number of azo groups is 1. The van der Waals surface area contributed by atoms with Gasteiger partial charge in [0.15, 0.2) is 0 Å². The minimum Gasteiger partial charge on any atom is -0.186 e. The maximum atomic E-state index is 5.02. The summed E-state index contributed by atoms with van der Waals surface area (Å²) in [7, 11) is 0. The number of hydrogen-bond donors (Lipinski definition) is 0. The van der Waals surface area contributed by atoms with Crippen molar-refractivity contribution in [1.82, 2.24) is 0 Å². The summed E-state index contributed by atoms with van der Waals surface area (Å²) in [5.41, 5.74) is 0.112. The molecule has 2 heteroatoms. The molecule has 0 saturated carbocycles. The molecule has 0 aromatic rings. The minimum atomic E-state index is -0.124. The highest BCUT2D eigenvalue weighted by molar-refractivity contribution is 5.20. The Balaban J connectivity index is 3.55. The molecular weight excluding hydrogens is 256 g/mol. The number of nitrogens with zero attached hydrogens (tertiary/aromatic N) is 2. The van der Waals surface area contributed by atoms with Gasteiger partial charge in [-0.2, -0.15) is 10.2 Å². The molecule has 0 aliphatic carbocycles. The van der Waals surface area contributed by atoms with E-state index in [-0.39, 0.29) is 32.7 Å². The lowest BCUT2D eigenvalue weighted by Crippen LogP contribution is -2.58. The van der Waals surface area contributed by atoms with Gasteiger partial charge in [-0.15, -0.1) is 0 Å². The highest BCUT2D eigenvalue weighted by Gasteiger charge is 2.65. The van der Waals surface area contributed by atoms with E-state index in [1.165, 1.54) is 0 Å². The minimum absolute atomic E-state index is 0.0903. The van der Waals surface area contributed by atoms with Gasteiger partial charge < -0.3 is 0 Å². The van der Waals surface area contributed by atoms with Crippen LogP contribution in [0, 0.1) is 21.7 Å². The summed E-state index contributed by atoms with van der Waals surface area (Å²) in [5.74, 6) is 0. The van der Waals surface area contributed by atoms with E-state index in [0.717, 1.165) is 6.42 Å². The van der Waals surface area contributed by atoms with Gasteiger partial charge in [-0.1, -0.05) is 83.1 Å². The zero-order valence-corrected chi connectivity index (χ0v) is 16.6. The maximum absolute atomic E-state index is 5.02. The Morgan fingerprint density at radius 3 is 0.762 bits per heavy atom. The zero-order valence-electron chi connectivity index (χ0n) is 16.6. The normalized spacial score (nSPS) is 22.7. The lowest BCUT2D eigenvalue weighted by molar-refractivity contribution is -0.000390. The fourth-order valence-corrected chi connectivity index (χ4v) is 4.52. The Labute approximate surface area is 133 Å². The third-order valence-electron chi connectivity index (χ3n) is 5.87. The lowest BCUT2D eigenvalue weighted by atomic mass is 9.50. The van der Waals surface area contributed by atoms with Gasteiger partial charge in [-0.25, -0.2) is 0 Å². The van der Waals surface area contributed by atoms with Gasteiger partial charge in [0.1, 0.15) is 0 Å². The largest absolute Gasteiger partial charge is 0.186 e. The van der Waals surface area contributed by atoms with Crippen LogP contribution in [0.5, 0.6) is 0 Å². The Kier molecular flexibility index (Phi) is 4.04. The molecule has 1 rings (SSSR count). The van der Waals surface area contributed by atoms with Gasteiger partial charge in [0, 0.05) is 6.42 Å². The topological polar surface area (TPSA) is 24.7 Å². The van der Waals surface area contributed by atoms with Crippen LogP contribution in [0.3, 0.4) is 0 Å². The second-order valence-electron chi connectivity index (χ2n) is 11.1. The zero-order chi connectivity index (χ0) is 17.1. The third kappa shape index (κ3) is 2.57. The first-order chi connectivity index (χ1) is 8.91. The van der Waals surface area contributed by atoms with Crippen LogP contribution in [0.4, 0.5) is 0 Å². The molecule has 0 bridgehead atoms. The van der Waals surface area contributed by atoms with E-state index in [1.807, 2.05) is 0 Å². The summed E-state index contributed by atoms with van der Waals surface area (Å²) in [4.78, 5) is 0. The van der Waals surface area contributed by atoms with E-state index in [0.29, 0.717) is 0 Å². The average molecular weight is 295 g/mol. The monoisotopic (exact) mass is 294 g/mol. The summed E-state index contributed by atoms with van der Waals surface area (Å²) in [6.07, 6.45) is 1.03. The molecule has 2 nitrogen and oxygen atoms in total. The number of rotatable bonds is 0. The summed E-state index contributed by atoms with van der Waals surface area (Å²) in [6.45, 7) is 27.8. The van der Waals surface area contributed by atoms with Crippen LogP contribution >= 0.6 is 0 Å². The smallest absolute Gasteiger partial charge is 0.0936 e. The van der Waals surface area contributed by atoms with Crippen molar-refractivity contribution >= 4 is 0 Å². The average Bonchev–Trinajstić information content (AvgIpc) is 2.54. The van der Waals surface area contributed by atoms with Crippen LogP contribution in [0.1, 0.15) is 89.5 Å². The molecule has 0 radical (unpaired) electrons. The lowest BCUT2D eigenvalue weighted by Gasteiger charge is -2.54. The molecule has 21 heavy (non-hydrogen) atoms. The molecule has 1 aliphatic rings. The van der Waals surface area contributed by atoms with E-state index < -0.39 is 0 Å². The van der Waals surface area contributed by atoms with Crippen molar-refractivity contribution in [2.75, 3.05) is 0 Å². The van der Waals surface area contributed by atoms with E-state index in [2.05, 4.69) is 83.1 Å². The van der Waals surface area contributed by atoms with Crippen LogP contribution in [-0.2, 0) is 0 Å². The summed E-state index contributed by atoms with van der Waals surface area (Å²) in [5, 5.41) is 10.0. The molecule has 0 spiro atoms. The molecule has 0 N–H and O–H groups in total. The molecule has 0 amide bonds. The Morgan fingerprint density at radius 1 is 0.476 bits per heavy atom. The highest BCUT2D eigenvalue weighted by atomic mass is 15.3. The van der Waals surface area contributed by atoms with Gasteiger partial charge in [0.2, 0.25) is 0 Å². The standard InChI is InChI=1S/C19H38N2/c1-14(2,3)18(15(4,5)6)13-19(21-20-18,16(7,8)9)17(10,11)12/h13H2,1-12H3. The van der Waals surface area contributed by atoms with Gasteiger partial charge >= 0.3 is 0 Å². The van der Waals surface area contributed by atoms with Crippen LogP contribution in [0.2, 0.25) is 0 Å². The SMILES string of the molecule is CC(C)(C)C1(C(C)(C)C)CC(C(C)(C)C)(C(C)(C)C)N=N1. The predicted octanol–water partition coefficient (Wildman–Crippen LogP) is 6.50. The molecule has 1 aliphatic heterocycles.